The van der Waals surface area contributed by atoms with Gasteiger partial charge in [-0.1, -0.05) is 35.9 Å². The molecule has 0 amide bonds. The molecule has 2 nitrogen and oxygen atoms in total. The molecule has 0 bridgehead atoms. The smallest absolute Gasteiger partial charge is 0.124 e. The van der Waals surface area contributed by atoms with E-state index in [1.807, 2.05) is 50.2 Å². The molecule has 3 heteroatoms. The average molecular weight is 305 g/mol. The summed E-state index contributed by atoms with van der Waals surface area (Å²) in [5, 5.41) is -0.297. The Balaban J connectivity index is 2.44. The fraction of sp³-hybridized carbons (Fsp3) is 0.333. The zero-order valence-corrected chi connectivity index (χ0v) is 13.5. The number of hydrogen-bond acceptors (Lipinski definition) is 2. The third-order valence-corrected chi connectivity index (χ3v) is 3.70. The van der Waals surface area contributed by atoms with Crippen molar-refractivity contribution >= 4 is 11.6 Å². The van der Waals surface area contributed by atoms with Crippen LogP contribution < -0.4 is 9.47 Å². The van der Waals surface area contributed by atoms with Gasteiger partial charge in [0.2, 0.25) is 0 Å². The van der Waals surface area contributed by atoms with Gasteiger partial charge in [0, 0.05) is 11.1 Å². The first kappa shape index (κ1) is 15.7. The highest BCUT2D eigenvalue weighted by atomic mass is 35.5. The highest BCUT2D eigenvalue weighted by molar-refractivity contribution is 6.23. The van der Waals surface area contributed by atoms with E-state index in [0.717, 1.165) is 28.2 Å². The average Bonchev–Trinajstić information content (AvgIpc) is 2.49. The van der Waals surface area contributed by atoms with Crippen molar-refractivity contribution in [1.29, 1.82) is 0 Å². The Morgan fingerprint density at radius 3 is 2.19 bits per heavy atom. The van der Waals surface area contributed by atoms with Crippen LogP contribution in [0, 0.1) is 6.92 Å². The van der Waals surface area contributed by atoms with Crippen molar-refractivity contribution in [1.82, 2.24) is 0 Å². The number of benzene rings is 2. The molecular weight excluding hydrogens is 284 g/mol. The number of para-hydroxylation sites is 1. The molecule has 1 unspecified atom stereocenters. The van der Waals surface area contributed by atoms with E-state index in [0.29, 0.717) is 13.2 Å². The molecule has 0 heterocycles. The van der Waals surface area contributed by atoms with Gasteiger partial charge < -0.3 is 9.47 Å². The first-order chi connectivity index (χ1) is 10.2. The van der Waals surface area contributed by atoms with Crippen LogP contribution >= 0.6 is 11.6 Å². The monoisotopic (exact) mass is 304 g/mol. The fourth-order valence-electron chi connectivity index (χ4n) is 2.30. The molecule has 21 heavy (non-hydrogen) atoms. The van der Waals surface area contributed by atoms with E-state index < -0.39 is 0 Å². The van der Waals surface area contributed by atoms with E-state index >= 15 is 0 Å². The van der Waals surface area contributed by atoms with Gasteiger partial charge in [0.05, 0.1) is 18.6 Å². The topological polar surface area (TPSA) is 18.5 Å². The molecule has 0 radical (unpaired) electrons. The summed E-state index contributed by atoms with van der Waals surface area (Å²) in [4.78, 5) is 0. The summed E-state index contributed by atoms with van der Waals surface area (Å²) < 4.78 is 11.4. The number of ether oxygens (including phenoxy) is 2. The van der Waals surface area contributed by atoms with Crippen LogP contribution in [0.1, 0.15) is 35.9 Å². The molecule has 1 atom stereocenters. The second-order valence-electron chi connectivity index (χ2n) is 4.81. The second-order valence-corrected chi connectivity index (χ2v) is 5.24. The van der Waals surface area contributed by atoms with Crippen LogP contribution in [0.25, 0.3) is 0 Å². The van der Waals surface area contributed by atoms with Gasteiger partial charge >= 0.3 is 0 Å². The Morgan fingerprint density at radius 2 is 1.52 bits per heavy atom. The van der Waals surface area contributed by atoms with Crippen LogP contribution in [-0.4, -0.2) is 13.2 Å². The van der Waals surface area contributed by atoms with Gasteiger partial charge in [0.1, 0.15) is 11.5 Å². The first-order valence-electron chi connectivity index (χ1n) is 7.26. The molecule has 0 aliphatic carbocycles. The molecule has 2 aromatic rings. The largest absolute Gasteiger partial charge is 0.494 e. The van der Waals surface area contributed by atoms with Gasteiger partial charge in [-0.3, -0.25) is 0 Å². The van der Waals surface area contributed by atoms with Crippen molar-refractivity contribution in [3.05, 3.63) is 59.2 Å². The normalized spacial score (nSPS) is 12.0. The summed E-state index contributed by atoms with van der Waals surface area (Å²) in [5.41, 5.74) is 3.10. The molecule has 0 aliphatic heterocycles. The lowest BCUT2D eigenvalue weighted by Gasteiger charge is -2.18. The molecule has 0 aromatic heterocycles. The second kappa shape index (κ2) is 7.37. The third kappa shape index (κ3) is 3.70. The minimum absolute atomic E-state index is 0.297. The summed E-state index contributed by atoms with van der Waals surface area (Å²) in [6, 6.07) is 14.0. The molecular formula is C18H21ClO2. The highest BCUT2D eigenvalue weighted by Crippen LogP contribution is 2.39. The minimum Gasteiger partial charge on any atom is -0.494 e. The van der Waals surface area contributed by atoms with Gasteiger partial charge in [-0.05, 0) is 32.9 Å². The predicted octanol–water partition coefficient (Wildman–Crippen LogP) is 5.12. The van der Waals surface area contributed by atoms with Crippen molar-refractivity contribution in [2.75, 3.05) is 13.2 Å². The van der Waals surface area contributed by atoms with E-state index in [2.05, 4.69) is 13.0 Å². The van der Waals surface area contributed by atoms with E-state index in [1.54, 1.807) is 0 Å². The number of halogens is 1. The Morgan fingerprint density at radius 1 is 0.905 bits per heavy atom. The van der Waals surface area contributed by atoms with Crippen molar-refractivity contribution in [3.63, 3.8) is 0 Å². The molecule has 0 saturated carbocycles. The first-order valence-corrected chi connectivity index (χ1v) is 7.70. The minimum atomic E-state index is -0.297. The van der Waals surface area contributed by atoms with Crippen molar-refractivity contribution in [2.45, 2.75) is 26.1 Å². The molecule has 0 N–H and O–H groups in total. The van der Waals surface area contributed by atoms with Gasteiger partial charge in [0.25, 0.3) is 0 Å². The number of hydrogen-bond donors (Lipinski definition) is 0. The van der Waals surface area contributed by atoms with Crippen LogP contribution in [0.4, 0.5) is 0 Å². The molecule has 0 fully saturated rings. The van der Waals surface area contributed by atoms with E-state index in [1.165, 1.54) is 0 Å². The van der Waals surface area contributed by atoms with Crippen LogP contribution in [0.5, 0.6) is 11.5 Å². The quantitative estimate of drug-likeness (QED) is 0.690. The van der Waals surface area contributed by atoms with Crippen LogP contribution in [0.3, 0.4) is 0 Å². The third-order valence-electron chi connectivity index (χ3n) is 3.23. The molecule has 2 rings (SSSR count). The van der Waals surface area contributed by atoms with E-state index in [4.69, 9.17) is 21.1 Å². The lowest BCUT2D eigenvalue weighted by atomic mass is 10.0. The Labute approximate surface area is 131 Å². The summed E-state index contributed by atoms with van der Waals surface area (Å²) in [6.07, 6.45) is 0. The van der Waals surface area contributed by atoms with E-state index in [-0.39, 0.29) is 5.38 Å². The van der Waals surface area contributed by atoms with Gasteiger partial charge in [-0.25, -0.2) is 0 Å². The summed E-state index contributed by atoms with van der Waals surface area (Å²) in [7, 11) is 0. The Hall–Kier alpha value is -1.67. The molecule has 0 spiro atoms. The number of aryl methyl sites for hydroxylation is 1. The summed E-state index contributed by atoms with van der Waals surface area (Å²) in [5.74, 6) is 1.65. The Bertz CT molecular complexity index is 596. The molecule has 0 saturated heterocycles. The lowest BCUT2D eigenvalue weighted by Crippen LogP contribution is -2.03. The zero-order chi connectivity index (χ0) is 15.2. The Kier molecular flexibility index (Phi) is 5.51. The maximum Gasteiger partial charge on any atom is 0.124 e. The van der Waals surface area contributed by atoms with Gasteiger partial charge in [0.15, 0.2) is 0 Å². The number of rotatable bonds is 6. The standard InChI is InChI=1S/C18H21ClO2/c1-4-20-16-9-7-6-8-14(16)18(19)15-12-13(3)10-11-17(15)21-5-2/h6-12,18H,4-5H2,1-3H3. The molecule has 112 valence electrons. The maximum atomic E-state index is 6.73. The predicted molar refractivity (Wildman–Crippen MR) is 87.7 cm³/mol. The van der Waals surface area contributed by atoms with Crippen molar-refractivity contribution in [3.8, 4) is 11.5 Å². The SMILES string of the molecule is CCOc1ccccc1C(Cl)c1cc(C)ccc1OCC. The van der Waals surface area contributed by atoms with Crippen LogP contribution in [0.15, 0.2) is 42.5 Å². The van der Waals surface area contributed by atoms with E-state index in [9.17, 15) is 0 Å². The lowest BCUT2D eigenvalue weighted by molar-refractivity contribution is 0.332. The molecule has 0 aliphatic rings. The number of alkyl halides is 1. The summed E-state index contributed by atoms with van der Waals surface area (Å²) in [6.45, 7) is 7.23. The highest BCUT2D eigenvalue weighted by Gasteiger charge is 2.19. The van der Waals surface area contributed by atoms with Crippen LogP contribution in [0.2, 0.25) is 0 Å². The maximum absolute atomic E-state index is 6.73. The van der Waals surface area contributed by atoms with Crippen molar-refractivity contribution < 1.29 is 9.47 Å². The van der Waals surface area contributed by atoms with Gasteiger partial charge in [-0.2, -0.15) is 0 Å². The zero-order valence-electron chi connectivity index (χ0n) is 12.7. The fourth-order valence-corrected chi connectivity index (χ4v) is 2.65. The van der Waals surface area contributed by atoms with Gasteiger partial charge in [-0.15, -0.1) is 11.6 Å². The molecule has 2 aromatic carbocycles. The summed E-state index contributed by atoms with van der Waals surface area (Å²) >= 11 is 6.73. The van der Waals surface area contributed by atoms with Crippen molar-refractivity contribution in [2.24, 2.45) is 0 Å². The van der Waals surface area contributed by atoms with Crippen LogP contribution in [-0.2, 0) is 0 Å².